The van der Waals surface area contributed by atoms with E-state index in [2.05, 4.69) is 42.1 Å². The Kier molecular flexibility index (Phi) is 8.46. The first-order chi connectivity index (χ1) is 18.7. The minimum absolute atomic E-state index is 0.000647. The summed E-state index contributed by atoms with van der Waals surface area (Å²) in [6.45, 7) is 0. The molecule has 2 heterocycles. The summed E-state index contributed by atoms with van der Waals surface area (Å²) in [5.41, 5.74) is 1.17. The number of alkyl halides is 3. The molecule has 0 spiro atoms. The zero-order valence-corrected chi connectivity index (χ0v) is 22.4. The van der Waals surface area contributed by atoms with Crippen LogP contribution in [0, 0.1) is 5.92 Å². The van der Waals surface area contributed by atoms with Gasteiger partial charge in [-0.2, -0.15) is 23.3 Å². The summed E-state index contributed by atoms with van der Waals surface area (Å²) in [6.07, 6.45) is 6.94. The van der Waals surface area contributed by atoms with Gasteiger partial charge in [-0.05, 0) is 63.9 Å². The second-order valence-corrected chi connectivity index (χ2v) is 11.4. The van der Waals surface area contributed by atoms with Crippen LogP contribution in [0.25, 0.3) is 0 Å². The highest BCUT2D eigenvalue weighted by atomic mass is 19.4. The Labute approximate surface area is 227 Å². The second kappa shape index (κ2) is 12.0. The summed E-state index contributed by atoms with van der Waals surface area (Å²) in [5.74, 6) is 1.28. The third kappa shape index (κ3) is 7.13. The van der Waals surface area contributed by atoms with Crippen LogP contribution in [0.15, 0.2) is 18.3 Å². The first-order valence-electron chi connectivity index (χ1n) is 14.3. The van der Waals surface area contributed by atoms with E-state index in [0.29, 0.717) is 30.5 Å². The number of urea groups is 1. The molecule has 39 heavy (non-hydrogen) atoms. The van der Waals surface area contributed by atoms with Crippen molar-refractivity contribution < 1.29 is 18.0 Å². The molecule has 3 saturated carbocycles. The summed E-state index contributed by atoms with van der Waals surface area (Å²) >= 11 is 0. The second-order valence-electron chi connectivity index (χ2n) is 11.4. The van der Waals surface area contributed by atoms with Gasteiger partial charge in [-0.15, -0.1) is 0 Å². The Morgan fingerprint density at radius 1 is 0.974 bits per heavy atom. The largest absolute Gasteiger partial charge is 0.391 e. The highest BCUT2D eigenvalue weighted by Crippen LogP contribution is 2.37. The van der Waals surface area contributed by atoms with Gasteiger partial charge in [0, 0.05) is 49.0 Å². The van der Waals surface area contributed by atoms with Gasteiger partial charge in [-0.25, -0.2) is 9.78 Å². The van der Waals surface area contributed by atoms with Crippen molar-refractivity contribution in [1.82, 2.24) is 30.8 Å². The van der Waals surface area contributed by atoms with Gasteiger partial charge in [0.1, 0.15) is 5.82 Å². The minimum atomic E-state index is -4.20. The SMILES string of the molecule is CN(c1nccc(Nc2cc(C3CCCC3)[nH]n2)n1)C1CCC(NC(=O)N[C@H]2CCC[C@@H](C(F)(F)F)C2)CC1. The van der Waals surface area contributed by atoms with Crippen molar-refractivity contribution >= 4 is 23.6 Å². The molecule has 5 rings (SSSR count). The van der Waals surface area contributed by atoms with E-state index in [1.807, 2.05) is 13.1 Å². The van der Waals surface area contributed by atoms with E-state index in [9.17, 15) is 18.0 Å². The molecule has 0 aromatic carbocycles. The van der Waals surface area contributed by atoms with Gasteiger partial charge in [0.15, 0.2) is 5.82 Å². The fourth-order valence-electron chi connectivity index (χ4n) is 6.37. The van der Waals surface area contributed by atoms with Gasteiger partial charge in [-0.3, -0.25) is 5.10 Å². The first-order valence-corrected chi connectivity index (χ1v) is 14.3. The maximum absolute atomic E-state index is 13.1. The number of hydrogen-bond acceptors (Lipinski definition) is 6. The van der Waals surface area contributed by atoms with Crippen molar-refractivity contribution in [3.05, 3.63) is 24.0 Å². The maximum Gasteiger partial charge on any atom is 0.391 e. The summed E-state index contributed by atoms with van der Waals surface area (Å²) in [7, 11) is 1.98. The predicted octanol–water partition coefficient (Wildman–Crippen LogP) is 5.77. The average molecular weight is 549 g/mol. The molecule has 2 atom stereocenters. The highest BCUT2D eigenvalue weighted by Gasteiger charge is 2.42. The van der Waals surface area contributed by atoms with E-state index in [1.165, 1.54) is 31.4 Å². The fourth-order valence-corrected chi connectivity index (χ4v) is 6.37. The number of anilines is 3. The van der Waals surface area contributed by atoms with Crippen LogP contribution in [0.2, 0.25) is 0 Å². The molecule has 2 aromatic rings. The van der Waals surface area contributed by atoms with E-state index >= 15 is 0 Å². The monoisotopic (exact) mass is 548 g/mol. The zero-order chi connectivity index (χ0) is 27.4. The lowest BCUT2D eigenvalue weighted by molar-refractivity contribution is -0.183. The van der Waals surface area contributed by atoms with Gasteiger partial charge >= 0.3 is 12.2 Å². The molecule has 4 N–H and O–H groups in total. The third-order valence-corrected chi connectivity index (χ3v) is 8.66. The number of carbonyl (C=O) groups is 1. The van der Waals surface area contributed by atoms with Crippen LogP contribution in [0.1, 0.15) is 88.7 Å². The minimum Gasteiger partial charge on any atom is -0.341 e. The standard InChI is InChI=1S/C27H39F3N8O/c1-38(25-31-14-13-23(35-25)34-24-16-22(36-37-24)17-5-2-3-6-17)21-11-9-19(10-12-21)32-26(39)33-20-8-4-7-18(15-20)27(28,29)30/h13-14,16-21H,2-12,15H2,1H3,(H2,32,33,39)(H2,31,34,35,36,37)/t18-,19?,20+,21?/m1/s1. The Hall–Kier alpha value is -3.05. The number of rotatable bonds is 7. The smallest absolute Gasteiger partial charge is 0.341 e. The van der Waals surface area contributed by atoms with Gasteiger partial charge in [-0.1, -0.05) is 19.3 Å². The quantitative estimate of drug-likeness (QED) is 0.350. The molecule has 0 saturated heterocycles. The van der Waals surface area contributed by atoms with E-state index in [4.69, 9.17) is 4.98 Å². The molecular formula is C27H39F3N8O. The first kappa shape index (κ1) is 27.5. The molecule has 3 fully saturated rings. The van der Waals surface area contributed by atoms with E-state index < -0.39 is 18.1 Å². The van der Waals surface area contributed by atoms with Crippen molar-refractivity contribution in [2.24, 2.45) is 5.92 Å². The molecule has 0 unspecified atom stereocenters. The Morgan fingerprint density at radius 3 is 2.46 bits per heavy atom. The molecule has 0 radical (unpaired) electrons. The molecule has 12 heteroatoms. The lowest BCUT2D eigenvalue weighted by Gasteiger charge is -2.35. The number of aromatic nitrogens is 4. The van der Waals surface area contributed by atoms with Crippen molar-refractivity contribution in [2.75, 3.05) is 17.3 Å². The number of hydrogen-bond donors (Lipinski definition) is 4. The van der Waals surface area contributed by atoms with Crippen molar-refractivity contribution in [3.8, 4) is 0 Å². The van der Waals surface area contributed by atoms with Crippen LogP contribution in [0.4, 0.5) is 35.5 Å². The molecule has 2 aromatic heterocycles. The van der Waals surface area contributed by atoms with Crippen LogP contribution in [-0.2, 0) is 0 Å². The van der Waals surface area contributed by atoms with Gasteiger partial charge < -0.3 is 20.9 Å². The normalized spacial score (nSPS) is 26.3. The molecule has 0 bridgehead atoms. The summed E-state index contributed by atoms with van der Waals surface area (Å²) in [6, 6.07) is 3.32. The molecule has 214 valence electrons. The van der Waals surface area contributed by atoms with Gasteiger partial charge in [0.05, 0.1) is 5.92 Å². The van der Waals surface area contributed by atoms with Crippen LogP contribution in [-0.4, -0.2) is 57.5 Å². The molecule has 3 aliphatic carbocycles. The average Bonchev–Trinajstić information content (AvgIpc) is 3.61. The Morgan fingerprint density at radius 2 is 1.72 bits per heavy atom. The highest BCUT2D eigenvalue weighted by molar-refractivity contribution is 5.74. The number of aromatic amines is 1. The fraction of sp³-hybridized carbons (Fsp3) is 0.704. The lowest BCUT2D eigenvalue weighted by atomic mass is 9.85. The molecule has 2 amide bonds. The molecule has 0 aliphatic heterocycles. The van der Waals surface area contributed by atoms with Crippen LogP contribution in [0.3, 0.4) is 0 Å². The molecular weight excluding hydrogens is 509 g/mol. The van der Waals surface area contributed by atoms with Crippen molar-refractivity contribution in [2.45, 2.75) is 107 Å². The lowest BCUT2D eigenvalue weighted by Crippen LogP contribution is -2.50. The van der Waals surface area contributed by atoms with Crippen molar-refractivity contribution in [1.29, 1.82) is 0 Å². The van der Waals surface area contributed by atoms with Crippen LogP contribution < -0.4 is 20.9 Å². The zero-order valence-electron chi connectivity index (χ0n) is 22.4. The number of carbonyl (C=O) groups excluding carboxylic acids is 1. The van der Waals surface area contributed by atoms with E-state index in [-0.39, 0.29) is 31.0 Å². The summed E-state index contributed by atoms with van der Waals surface area (Å²) in [4.78, 5) is 23.7. The Bertz CT molecular complexity index is 1090. The predicted molar refractivity (Wildman–Crippen MR) is 143 cm³/mol. The molecule has 3 aliphatic rings. The van der Waals surface area contributed by atoms with E-state index in [1.54, 1.807) is 6.20 Å². The summed E-state index contributed by atoms with van der Waals surface area (Å²) < 4.78 is 39.2. The third-order valence-electron chi connectivity index (χ3n) is 8.66. The Balaban J connectivity index is 1.08. The number of nitrogens with zero attached hydrogens (tertiary/aromatic N) is 4. The number of halogens is 3. The maximum atomic E-state index is 13.1. The van der Waals surface area contributed by atoms with Crippen LogP contribution >= 0.6 is 0 Å². The van der Waals surface area contributed by atoms with Crippen molar-refractivity contribution in [3.63, 3.8) is 0 Å². The van der Waals surface area contributed by atoms with Gasteiger partial charge in [0.2, 0.25) is 5.95 Å². The number of nitrogens with one attached hydrogen (secondary N) is 4. The van der Waals surface area contributed by atoms with E-state index in [0.717, 1.165) is 31.5 Å². The number of H-pyrrole nitrogens is 1. The molecule has 9 nitrogen and oxygen atoms in total. The van der Waals surface area contributed by atoms with Gasteiger partial charge in [0.25, 0.3) is 0 Å². The topological polar surface area (TPSA) is 111 Å². The van der Waals surface area contributed by atoms with Crippen LogP contribution in [0.5, 0.6) is 0 Å². The summed E-state index contributed by atoms with van der Waals surface area (Å²) in [5, 5.41) is 16.6. The number of amides is 2.